The lowest BCUT2D eigenvalue weighted by Gasteiger charge is -2.04. The molecule has 1 aromatic heterocycles. The molecule has 0 atom stereocenters. The molecule has 1 heterocycles. The molecule has 0 bridgehead atoms. The molecule has 0 aliphatic rings. The molecule has 1 aromatic carbocycles. The quantitative estimate of drug-likeness (QED) is 0.740. The zero-order chi connectivity index (χ0) is 10.1. The van der Waals surface area contributed by atoms with Gasteiger partial charge in [-0.3, -0.25) is 0 Å². The summed E-state index contributed by atoms with van der Waals surface area (Å²) < 4.78 is 3.17. The van der Waals surface area contributed by atoms with Crippen molar-refractivity contribution in [3.8, 4) is 5.69 Å². The van der Waals surface area contributed by atoms with Crippen LogP contribution in [0.5, 0.6) is 0 Å². The van der Waals surface area contributed by atoms with E-state index in [-0.39, 0.29) is 0 Å². The SMILES string of the molecule is Cc1cccc(-n2ncc(I)c2C)c1. The van der Waals surface area contributed by atoms with Crippen LogP contribution in [0, 0.1) is 17.4 Å². The summed E-state index contributed by atoms with van der Waals surface area (Å²) in [6, 6.07) is 8.35. The van der Waals surface area contributed by atoms with Crippen molar-refractivity contribution >= 4 is 22.6 Å². The minimum Gasteiger partial charge on any atom is -0.237 e. The lowest BCUT2D eigenvalue weighted by molar-refractivity contribution is 0.845. The van der Waals surface area contributed by atoms with Crippen LogP contribution in [0.25, 0.3) is 5.69 Å². The van der Waals surface area contributed by atoms with Gasteiger partial charge in [0.2, 0.25) is 0 Å². The minimum absolute atomic E-state index is 1.13. The Kier molecular flexibility index (Phi) is 2.58. The first-order valence-electron chi connectivity index (χ1n) is 4.45. The van der Waals surface area contributed by atoms with E-state index in [4.69, 9.17) is 0 Å². The number of hydrogen-bond donors (Lipinski definition) is 0. The first-order chi connectivity index (χ1) is 6.68. The van der Waals surface area contributed by atoms with Gasteiger partial charge in [0.05, 0.1) is 21.1 Å². The molecule has 2 nitrogen and oxygen atoms in total. The second kappa shape index (κ2) is 3.73. The molecule has 0 fully saturated rings. The van der Waals surface area contributed by atoms with Gasteiger partial charge in [-0.2, -0.15) is 5.10 Å². The van der Waals surface area contributed by atoms with Crippen LogP contribution in [-0.2, 0) is 0 Å². The van der Waals surface area contributed by atoms with Crippen LogP contribution in [-0.4, -0.2) is 9.78 Å². The molecular weight excluding hydrogens is 287 g/mol. The minimum atomic E-state index is 1.13. The molecule has 72 valence electrons. The lowest BCUT2D eigenvalue weighted by atomic mass is 10.2. The smallest absolute Gasteiger partial charge is 0.0651 e. The summed E-state index contributed by atoms with van der Waals surface area (Å²) in [6.45, 7) is 4.17. The van der Waals surface area contributed by atoms with E-state index < -0.39 is 0 Å². The van der Waals surface area contributed by atoms with E-state index in [0.29, 0.717) is 0 Å². The highest BCUT2D eigenvalue weighted by atomic mass is 127. The van der Waals surface area contributed by atoms with Crippen molar-refractivity contribution in [2.24, 2.45) is 0 Å². The zero-order valence-electron chi connectivity index (χ0n) is 8.16. The van der Waals surface area contributed by atoms with Gasteiger partial charge in [-0.05, 0) is 54.1 Å². The van der Waals surface area contributed by atoms with Crippen molar-refractivity contribution in [1.82, 2.24) is 9.78 Å². The third kappa shape index (κ3) is 1.68. The second-order valence-corrected chi connectivity index (χ2v) is 4.49. The van der Waals surface area contributed by atoms with Crippen molar-refractivity contribution in [1.29, 1.82) is 0 Å². The Labute approximate surface area is 97.1 Å². The highest BCUT2D eigenvalue weighted by Crippen LogP contribution is 2.16. The molecule has 0 aliphatic heterocycles. The highest BCUT2D eigenvalue weighted by Gasteiger charge is 2.04. The predicted octanol–water partition coefficient (Wildman–Crippen LogP) is 3.09. The van der Waals surface area contributed by atoms with Crippen LogP contribution >= 0.6 is 22.6 Å². The monoisotopic (exact) mass is 298 g/mol. The standard InChI is InChI=1S/C11H11IN2/c1-8-4-3-5-10(6-8)14-9(2)11(12)7-13-14/h3-7H,1-2H3. The molecule has 0 unspecified atom stereocenters. The fourth-order valence-corrected chi connectivity index (χ4v) is 1.76. The van der Waals surface area contributed by atoms with Crippen molar-refractivity contribution in [3.05, 3.63) is 45.3 Å². The number of aryl methyl sites for hydroxylation is 1. The fourth-order valence-electron chi connectivity index (χ4n) is 1.41. The van der Waals surface area contributed by atoms with E-state index in [9.17, 15) is 0 Å². The number of aromatic nitrogens is 2. The van der Waals surface area contributed by atoms with Crippen LogP contribution in [0.2, 0.25) is 0 Å². The van der Waals surface area contributed by atoms with Gasteiger partial charge >= 0.3 is 0 Å². The zero-order valence-corrected chi connectivity index (χ0v) is 10.3. The molecule has 0 aliphatic carbocycles. The third-order valence-corrected chi connectivity index (χ3v) is 3.26. The van der Waals surface area contributed by atoms with Crippen molar-refractivity contribution in [2.75, 3.05) is 0 Å². The molecule has 0 saturated carbocycles. The summed E-state index contributed by atoms with van der Waals surface area (Å²) in [5, 5.41) is 4.34. The first-order valence-corrected chi connectivity index (χ1v) is 5.53. The fraction of sp³-hybridized carbons (Fsp3) is 0.182. The van der Waals surface area contributed by atoms with Crippen LogP contribution in [0.15, 0.2) is 30.5 Å². The van der Waals surface area contributed by atoms with E-state index in [0.717, 1.165) is 5.69 Å². The Balaban J connectivity index is 2.55. The maximum atomic E-state index is 4.34. The summed E-state index contributed by atoms with van der Waals surface area (Å²) in [4.78, 5) is 0. The summed E-state index contributed by atoms with van der Waals surface area (Å²) in [5.74, 6) is 0. The molecule has 2 aromatic rings. The maximum Gasteiger partial charge on any atom is 0.0651 e. The molecule has 14 heavy (non-hydrogen) atoms. The van der Waals surface area contributed by atoms with Gasteiger partial charge in [0, 0.05) is 0 Å². The Morgan fingerprint density at radius 2 is 2.07 bits per heavy atom. The second-order valence-electron chi connectivity index (χ2n) is 3.33. The highest BCUT2D eigenvalue weighted by molar-refractivity contribution is 14.1. The van der Waals surface area contributed by atoms with Gasteiger partial charge in [0.25, 0.3) is 0 Å². The molecule has 0 N–H and O–H groups in total. The number of halogens is 1. The third-order valence-electron chi connectivity index (χ3n) is 2.20. The first kappa shape index (κ1) is 9.71. The largest absolute Gasteiger partial charge is 0.237 e. The van der Waals surface area contributed by atoms with Crippen LogP contribution < -0.4 is 0 Å². The van der Waals surface area contributed by atoms with E-state index in [1.165, 1.54) is 14.8 Å². The number of rotatable bonds is 1. The maximum absolute atomic E-state index is 4.34. The van der Waals surface area contributed by atoms with Gasteiger partial charge in [-0.25, -0.2) is 4.68 Å². The van der Waals surface area contributed by atoms with Crippen molar-refractivity contribution in [2.45, 2.75) is 13.8 Å². The molecule has 2 rings (SSSR count). The van der Waals surface area contributed by atoms with E-state index in [1.807, 2.05) is 10.9 Å². The Hall–Kier alpha value is -0.840. The summed E-state index contributed by atoms with van der Waals surface area (Å²) in [6.07, 6.45) is 1.89. The van der Waals surface area contributed by atoms with Gasteiger partial charge in [-0.15, -0.1) is 0 Å². The van der Waals surface area contributed by atoms with Gasteiger partial charge < -0.3 is 0 Å². The van der Waals surface area contributed by atoms with Crippen LogP contribution in [0.4, 0.5) is 0 Å². The molecule has 0 radical (unpaired) electrons. The normalized spacial score (nSPS) is 10.5. The molecular formula is C11H11IN2. The number of nitrogens with zero attached hydrogens (tertiary/aromatic N) is 2. The Bertz CT molecular complexity index is 460. The van der Waals surface area contributed by atoms with Crippen LogP contribution in [0.1, 0.15) is 11.3 Å². The Morgan fingerprint density at radius 3 is 2.64 bits per heavy atom. The van der Waals surface area contributed by atoms with E-state index >= 15 is 0 Å². The van der Waals surface area contributed by atoms with Crippen molar-refractivity contribution in [3.63, 3.8) is 0 Å². The summed E-state index contributed by atoms with van der Waals surface area (Å²) in [5.41, 5.74) is 3.58. The van der Waals surface area contributed by atoms with Gasteiger partial charge in [-0.1, -0.05) is 12.1 Å². The number of benzene rings is 1. The molecule has 3 heteroatoms. The van der Waals surface area contributed by atoms with Crippen LogP contribution in [0.3, 0.4) is 0 Å². The summed E-state index contributed by atoms with van der Waals surface area (Å²) in [7, 11) is 0. The average Bonchev–Trinajstić information content (AvgIpc) is 2.48. The average molecular weight is 298 g/mol. The van der Waals surface area contributed by atoms with E-state index in [1.54, 1.807) is 0 Å². The predicted molar refractivity (Wildman–Crippen MR) is 65.8 cm³/mol. The molecule has 0 amide bonds. The van der Waals surface area contributed by atoms with E-state index in [2.05, 4.69) is 65.8 Å². The Morgan fingerprint density at radius 1 is 1.29 bits per heavy atom. The number of hydrogen-bond acceptors (Lipinski definition) is 1. The topological polar surface area (TPSA) is 17.8 Å². The van der Waals surface area contributed by atoms with Crippen molar-refractivity contribution < 1.29 is 0 Å². The lowest BCUT2D eigenvalue weighted by Crippen LogP contribution is -1.98. The molecule has 0 saturated heterocycles. The molecule has 0 spiro atoms. The summed E-state index contributed by atoms with van der Waals surface area (Å²) >= 11 is 2.30. The van der Waals surface area contributed by atoms with Gasteiger partial charge in [0.15, 0.2) is 0 Å². The van der Waals surface area contributed by atoms with Gasteiger partial charge in [0.1, 0.15) is 0 Å².